The van der Waals surface area contributed by atoms with Gasteiger partial charge in [0.1, 0.15) is 0 Å². The normalized spacial score (nSPS) is 28.7. The standard InChI is InChI=1S/C5H10O4S/c6-10(7)9-4-5-1-2-8-3-5/h5H,1-4H2,(H,6,7)/p-1. The molecule has 1 aliphatic rings. The Morgan fingerprint density at radius 3 is 3.10 bits per heavy atom. The highest BCUT2D eigenvalue weighted by Crippen LogP contribution is 2.12. The second-order valence-electron chi connectivity index (χ2n) is 2.22. The molecule has 1 rings (SSSR count). The highest BCUT2D eigenvalue weighted by atomic mass is 32.2. The lowest BCUT2D eigenvalue weighted by Gasteiger charge is -2.08. The predicted molar refractivity (Wildman–Crippen MR) is 33.8 cm³/mol. The molecule has 0 N–H and O–H groups in total. The first-order chi connectivity index (χ1) is 4.79. The van der Waals surface area contributed by atoms with E-state index in [0.717, 1.165) is 13.0 Å². The molecule has 0 aromatic heterocycles. The molecule has 1 aliphatic heterocycles. The summed E-state index contributed by atoms with van der Waals surface area (Å²) in [6.07, 6.45) is 0.900. The van der Waals surface area contributed by atoms with Crippen molar-refractivity contribution in [2.75, 3.05) is 19.8 Å². The monoisotopic (exact) mass is 165 g/mol. The molecule has 2 unspecified atom stereocenters. The Morgan fingerprint density at radius 2 is 2.60 bits per heavy atom. The molecule has 0 spiro atoms. The summed E-state index contributed by atoms with van der Waals surface area (Å²) in [5.74, 6) is 0.262. The molecule has 0 radical (unpaired) electrons. The second-order valence-corrected chi connectivity index (χ2v) is 2.86. The van der Waals surface area contributed by atoms with Gasteiger partial charge in [0, 0.05) is 12.5 Å². The molecule has 4 nitrogen and oxygen atoms in total. The lowest BCUT2D eigenvalue weighted by Crippen LogP contribution is -2.10. The fourth-order valence-corrected chi connectivity index (χ4v) is 1.17. The average molecular weight is 165 g/mol. The number of rotatable bonds is 3. The fraction of sp³-hybridized carbons (Fsp3) is 1.00. The van der Waals surface area contributed by atoms with Crippen molar-refractivity contribution in [3.8, 4) is 0 Å². The number of hydrogen-bond acceptors (Lipinski definition) is 4. The van der Waals surface area contributed by atoms with Crippen LogP contribution in [0.1, 0.15) is 6.42 Å². The summed E-state index contributed by atoms with van der Waals surface area (Å²) in [7, 11) is 0. The molecule has 0 aliphatic carbocycles. The second kappa shape index (κ2) is 4.02. The first-order valence-corrected chi connectivity index (χ1v) is 4.09. The molecule has 1 heterocycles. The Bertz CT molecular complexity index is 121. The van der Waals surface area contributed by atoms with E-state index < -0.39 is 11.4 Å². The maximum Gasteiger partial charge on any atom is 0.0842 e. The van der Waals surface area contributed by atoms with Gasteiger partial charge in [-0.3, -0.25) is 0 Å². The van der Waals surface area contributed by atoms with E-state index in [1.165, 1.54) is 0 Å². The van der Waals surface area contributed by atoms with Gasteiger partial charge < -0.3 is 13.5 Å². The van der Waals surface area contributed by atoms with Gasteiger partial charge in [-0.05, 0) is 6.42 Å². The van der Waals surface area contributed by atoms with Crippen LogP contribution in [0.2, 0.25) is 0 Å². The lowest BCUT2D eigenvalue weighted by atomic mass is 10.1. The zero-order valence-electron chi connectivity index (χ0n) is 5.45. The van der Waals surface area contributed by atoms with Crippen LogP contribution >= 0.6 is 0 Å². The summed E-state index contributed by atoms with van der Waals surface area (Å²) >= 11 is -2.37. The van der Waals surface area contributed by atoms with Gasteiger partial charge in [-0.15, -0.1) is 0 Å². The van der Waals surface area contributed by atoms with E-state index in [4.69, 9.17) is 4.74 Å². The van der Waals surface area contributed by atoms with Crippen LogP contribution in [-0.2, 0) is 20.3 Å². The smallest absolute Gasteiger partial charge is 0.0842 e. The molecule has 5 heteroatoms. The van der Waals surface area contributed by atoms with Gasteiger partial charge in [0.05, 0.1) is 24.6 Å². The van der Waals surface area contributed by atoms with Gasteiger partial charge >= 0.3 is 0 Å². The molecule has 0 saturated carbocycles. The van der Waals surface area contributed by atoms with Crippen molar-refractivity contribution >= 4 is 11.4 Å². The molecule has 1 fully saturated rings. The molecule has 1 saturated heterocycles. The van der Waals surface area contributed by atoms with Crippen LogP contribution in [-0.4, -0.2) is 28.6 Å². The van der Waals surface area contributed by atoms with Crippen LogP contribution < -0.4 is 0 Å². The zero-order valence-corrected chi connectivity index (χ0v) is 6.26. The molecular formula is C5H9O4S-. The number of ether oxygens (including phenoxy) is 1. The van der Waals surface area contributed by atoms with Crippen LogP contribution in [0.15, 0.2) is 0 Å². The van der Waals surface area contributed by atoms with E-state index in [1.54, 1.807) is 0 Å². The van der Waals surface area contributed by atoms with Crippen molar-refractivity contribution in [2.45, 2.75) is 6.42 Å². The third-order valence-electron chi connectivity index (χ3n) is 1.42. The summed E-state index contributed by atoms with van der Waals surface area (Å²) in [4.78, 5) is 0. The quantitative estimate of drug-likeness (QED) is 0.545. The molecule has 10 heavy (non-hydrogen) atoms. The van der Waals surface area contributed by atoms with Crippen LogP contribution in [0, 0.1) is 5.92 Å². The average Bonchev–Trinajstić information content (AvgIpc) is 2.34. The van der Waals surface area contributed by atoms with E-state index in [2.05, 4.69) is 4.18 Å². The lowest BCUT2D eigenvalue weighted by molar-refractivity contribution is 0.167. The van der Waals surface area contributed by atoms with E-state index in [1.807, 2.05) is 0 Å². The third kappa shape index (κ3) is 2.74. The largest absolute Gasteiger partial charge is 0.750 e. The van der Waals surface area contributed by atoms with E-state index in [0.29, 0.717) is 6.61 Å². The fourth-order valence-electron chi connectivity index (χ4n) is 0.867. The van der Waals surface area contributed by atoms with Crippen molar-refractivity contribution < 1.29 is 17.7 Å². The molecule has 0 amide bonds. The highest BCUT2D eigenvalue weighted by molar-refractivity contribution is 7.74. The maximum atomic E-state index is 9.89. The van der Waals surface area contributed by atoms with E-state index in [9.17, 15) is 8.76 Å². The van der Waals surface area contributed by atoms with Gasteiger partial charge in [-0.25, -0.2) is 4.21 Å². The predicted octanol–water partition coefficient (Wildman–Crippen LogP) is -0.166. The van der Waals surface area contributed by atoms with Crippen LogP contribution in [0.5, 0.6) is 0 Å². The van der Waals surface area contributed by atoms with Crippen LogP contribution in [0.4, 0.5) is 0 Å². The van der Waals surface area contributed by atoms with Crippen LogP contribution in [0.3, 0.4) is 0 Å². The van der Waals surface area contributed by atoms with E-state index >= 15 is 0 Å². The topological polar surface area (TPSA) is 58.6 Å². The molecular weight excluding hydrogens is 156 g/mol. The third-order valence-corrected chi connectivity index (χ3v) is 1.75. The van der Waals surface area contributed by atoms with Gasteiger partial charge in [0.2, 0.25) is 0 Å². The molecule has 0 aromatic rings. The minimum atomic E-state index is -2.37. The Kier molecular flexibility index (Phi) is 3.27. The van der Waals surface area contributed by atoms with Gasteiger partial charge in [0.15, 0.2) is 0 Å². The van der Waals surface area contributed by atoms with Crippen molar-refractivity contribution in [2.24, 2.45) is 5.92 Å². The Labute approximate surface area is 62.0 Å². The molecule has 60 valence electrons. The molecule has 0 bridgehead atoms. The zero-order chi connectivity index (χ0) is 7.40. The summed E-state index contributed by atoms with van der Waals surface area (Å²) in [6.45, 7) is 1.60. The highest BCUT2D eigenvalue weighted by Gasteiger charge is 2.15. The van der Waals surface area contributed by atoms with Gasteiger partial charge in [-0.1, -0.05) is 0 Å². The first kappa shape index (κ1) is 8.13. The SMILES string of the molecule is O=S([O-])OCC1CCOC1. The summed E-state index contributed by atoms with van der Waals surface area (Å²) in [5, 5.41) is 0. The van der Waals surface area contributed by atoms with Gasteiger partial charge in [-0.2, -0.15) is 0 Å². The van der Waals surface area contributed by atoms with Crippen molar-refractivity contribution in [1.82, 2.24) is 0 Å². The Morgan fingerprint density at radius 1 is 1.80 bits per heavy atom. The molecule has 0 aromatic carbocycles. The molecule has 2 atom stereocenters. The minimum absolute atomic E-state index is 0.260. The Hall–Kier alpha value is 0.0300. The maximum absolute atomic E-state index is 9.89. The van der Waals surface area contributed by atoms with Gasteiger partial charge in [0.25, 0.3) is 0 Å². The summed E-state index contributed by atoms with van der Waals surface area (Å²) < 4.78 is 29.2. The van der Waals surface area contributed by atoms with E-state index in [-0.39, 0.29) is 12.5 Å². The number of hydrogen-bond donors (Lipinski definition) is 0. The summed E-state index contributed by atoms with van der Waals surface area (Å²) in [6, 6.07) is 0. The van der Waals surface area contributed by atoms with Crippen LogP contribution in [0.25, 0.3) is 0 Å². The Balaban J connectivity index is 2.07. The first-order valence-electron chi connectivity index (χ1n) is 3.09. The summed E-state index contributed by atoms with van der Waals surface area (Å²) in [5.41, 5.74) is 0. The van der Waals surface area contributed by atoms with Crippen molar-refractivity contribution in [3.63, 3.8) is 0 Å². The minimum Gasteiger partial charge on any atom is -0.750 e. The van der Waals surface area contributed by atoms with Crippen molar-refractivity contribution in [3.05, 3.63) is 0 Å². The van der Waals surface area contributed by atoms with Crippen molar-refractivity contribution in [1.29, 1.82) is 0 Å².